The molecular weight excluding hydrogens is 472 g/mol. The molecule has 6 nitrogen and oxygen atoms in total. The van der Waals surface area contributed by atoms with Gasteiger partial charge in [0, 0.05) is 39.0 Å². The molecule has 0 unspecified atom stereocenters. The Morgan fingerprint density at radius 2 is 1.42 bits per heavy atom. The summed E-state index contributed by atoms with van der Waals surface area (Å²) in [5, 5.41) is 4.57. The summed E-state index contributed by atoms with van der Waals surface area (Å²) in [5.41, 5.74) is 5.36. The van der Waals surface area contributed by atoms with Gasteiger partial charge >= 0.3 is 5.56 Å². The van der Waals surface area contributed by atoms with Crippen molar-refractivity contribution in [2.45, 2.75) is 31.8 Å². The van der Waals surface area contributed by atoms with Crippen molar-refractivity contribution < 1.29 is 4.74 Å². The van der Waals surface area contributed by atoms with Gasteiger partial charge in [0.1, 0.15) is 11.8 Å². The highest BCUT2D eigenvalue weighted by molar-refractivity contribution is 5.57. The van der Waals surface area contributed by atoms with Crippen molar-refractivity contribution in [1.29, 1.82) is 0 Å². The van der Waals surface area contributed by atoms with Crippen LogP contribution in [0.15, 0.2) is 95.9 Å². The van der Waals surface area contributed by atoms with Crippen LogP contribution in [0.4, 0.5) is 5.69 Å². The van der Waals surface area contributed by atoms with Gasteiger partial charge in [-0.15, -0.1) is 0 Å². The number of aromatic nitrogens is 2. The molecule has 0 saturated carbocycles. The number of rotatable bonds is 8. The van der Waals surface area contributed by atoms with E-state index in [0.29, 0.717) is 5.75 Å². The Morgan fingerprint density at radius 1 is 0.789 bits per heavy atom. The molecule has 38 heavy (non-hydrogen) atoms. The van der Waals surface area contributed by atoms with Gasteiger partial charge < -0.3 is 9.64 Å². The lowest BCUT2D eigenvalue weighted by Gasteiger charge is -2.36. The van der Waals surface area contributed by atoms with E-state index in [4.69, 9.17) is 4.74 Å². The van der Waals surface area contributed by atoms with Gasteiger partial charge in [-0.05, 0) is 48.2 Å². The highest BCUT2D eigenvalue weighted by Crippen LogP contribution is 2.30. The van der Waals surface area contributed by atoms with Crippen LogP contribution in [-0.2, 0) is 19.3 Å². The van der Waals surface area contributed by atoms with E-state index in [9.17, 15) is 4.79 Å². The molecule has 6 heteroatoms. The summed E-state index contributed by atoms with van der Waals surface area (Å²) in [6.07, 6.45) is 5.65. The lowest BCUT2D eigenvalue weighted by Crippen LogP contribution is -2.47. The number of nitrogens with zero attached hydrogens (tertiary/aromatic N) is 4. The topological polar surface area (TPSA) is 50.6 Å². The largest absolute Gasteiger partial charge is 0.482 e. The van der Waals surface area contributed by atoms with E-state index in [2.05, 4.69) is 69.5 Å². The van der Waals surface area contributed by atoms with Crippen molar-refractivity contribution in [1.82, 2.24) is 14.7 Å². The van der Waals surface area contributed by atoms with Gasteiger partial charge in [-0.25, -0.2) is 0 Å². The lowest BCUT2D eigenvalue weighted by atomic mass is 10.1. The Morgan fingerprint density at radius 3 is 2.11 bits per heavy atom. The van der Waals surface area contributed by atoms with Crippen LogP contribution in [0.2, 0.25) is 0 Å². The number of fused-ring (bicyclic) bond motifs is 1. The SMILES string of the molecule is O=c1c(OC2Cc3ccccc3C2)c(N2CCN(CCCc3ccccc3)CC2)cnn1-c1ccccc1. The fraction of sp³-hybridized carbons (Fsp3) is 0.312. The van der Waals surface area contributed by atoms with Gasteiger partial charge in [-0.3, -0.25) is 9.69 Å². The van der Waals surface area contributed by atoms with Crippen LogP contribution >= 0.6 is 0 Å². The monoisotopic (exact) mass is 506 g/mol. The van der Waals surface area contributed by atoms with Crippen molar-refractivity contribution in [3.63, 3.8) is 0 Å². The molecule has 1 aliphatic carbocycles. The van der Waals surface area contributed by atoms with Crippen molar-refractivity contribution in [2.24, 2.45) is 0 Å². The van der Waals surface area contributed by atoms with Gasteiger partial charge in [0.15, 0.2) is 0 Å². The summed E-state index contributed by atoms with van der Waals surface area (Å²) in [6, 6.07) is 28.7. The number of aryl methyl sites for hydroxylation is 1. The highest BCUT2D eigenvalue weighted by atomic mass is 16.5. The molecule has 194 valence electrons. The van der Waals surface area contributed by atoms with Crippen LogP contribution in [0.3, 0.4) is 0 Å². The summed E-state index contributed by atoms with van der Waals surface area (Å²) >= 11 is 0. The molecule has 2 aliphatic rings. The molecule has 0 atom stereocenters. The fourth-order valence-electron chi connectivity index (χ4n) is 5.65. The first-order valence-electron chi connectivity index (χ1n) is 13.7. The van der Waals surface area contributed by atoms with E-state index in [1.807, 2.05) is 36.5 Å². The Bertz CT molecular complexity index is 1390. The van der Waals surface area contributed by atoms with Crippen molar-refractivity contribution in [2.75, 3.05) is 37.6 Å². The van der Waals surface area contributed by atoms with E-state index in [0.717, 1.165) is 69.8 Å². The van der Waals surface area contributed by atoms with E-state index >= 15 is 0 Å². The van der Waals surface area contributed by atoms with Crippen LogP contribution in [0.5, 0.6) is 5.75 Å². The first-order valence-corrected chi connectivity index (χ1v) is 13.7. The van der Waals surface area contributed by atoms with Crippen LogP contribution in [0, 0.1) is 0 Å². The standard InChI is InChI=1S/C32H34N4O2/c37-32-31(38-29-22-26-13-7-8-14-27(26)23-29)30(24-33-36(32)28-15-5-2-6-16-28)35-20-18-34(19-21-35)17-9-12-25-10-3-1-4-11-25/h1-8,10-11,13-16,24,29H,9,12,17-23H2. The van der Waals surface area contributed by atoms with Crippen molar-refractivity contribution in [3.05, 3.63) is 118 Å². The van der Waals surface area contributed by atoms with Crippen LogP contribution in [0.1, 0.15) is 23.1 Å². The summed E-state index contributed by atoms with van der Waals surface area (Å²) < 4.78 is 8.01. The summed E-state index contributed by atoms with van der Waals surface area (Å²) in [4.78, 5) is 18.6. The quantitative estimate of drug-likeness (QED) is 0.351. The zero-order valence-electron chi connectivity index (χ0n) is 21.7. The molecule has 0 bridgehead atoms. The van der Waals surface area contributed by atoms with Gasteiger partial charge in [-0.1, -0.05) is 72.8 Å². The molecule has 1 fully saturated rings. The third kappa shape index (κ3) is 5.36. The zero-order chi connectivity index (χ0) is 25.7. The maximum absolute atomic E-state index is 13.8. The highest BCUT2D eigenvalue weighted by Gasteiger charge is 2.28. The number of hydrogen-bond donors (Lipinski definition) is 0. The zero-order valence-corrected chi connectivity index (χ0v) is 21.7. The van der Waals surface area contributed by atoms with Crippen LogP contribution < -0.4 is 15.2 Å². The second-order valence-electron chi connectivity index (χ2n) is 10.2. The van der Waals surface area contributed by atoms with Crippen molar-refractivity contribution >= 4 is 5.69 Å². The number of ether oxygens (including phenoxy) is 1. The first-order chi connectivity index (χ1) is 18.7. The molecule has 3 aromatic carbocycles. The van der Waals surface area contributed by atoms with Crippen LogP contribution in [-0.4, -0.2) is 53.5 Å². The molecule has 0 N–H and O–H groups in total. The van der Waals surface area contributed by atoms with Gasteiger partial charge in [0.05, 0.1) is 11.9 Å². The van der Waals surface area contributed by atoms with Gasteiger partial charge in [0.2, 0.25) is 5.75 Å². The predicted molar refractivity (Wildman–Crippen MR) is 152 cm³/mol. The molecule has 1 aliphatic heterocycles. The summed E-state index contributed by atoms with van der Waals surface area (Å²) in [6.45, 7) is 4.71. The molecular formula is C32H34N4O2. The molecule has 1 aromatic heterocycles. The summed E-state index contributed by atoms with van der Waals surface area (Å²) in [7, 11) is 0. The molecule has 4 aromatic rings. The average Bonchev–Trinajstić information content (AvgIpc) is 3.38. The lowest BCUT2D eigenvalue weighted by molar-refractivity contribution is 0.208. The maximum atomic E-state index is 13.8. The third-order valence-electron chi connectivity index (χ3n) is 7.71. The minimum absolute atomic E-state index is 0.0512. The normalized spacial score (nSPS) is 15.9. The molecule has 1 saturated heterocycles. The van der Waals surface area contributed by atoms with Crippen molar-refractivity contribution in [3.8, 4) is 11.4 Å². The number of benzene rings is 3. The second kappa shape index (κ2) is 11.2. The van der Waals surface area contributed by atoms with Gasteiger partial charge in [0.25, 0.3) is 0 Å². The summed E-state index contributed by atoms with van der Waals surface area (Å²) in [5.74, 6) is 0.416. The average molecular weight is 507 g/mol. The smallest absolute Gasteiger partial charge is 0.316 e. The Balaban J connectivity index is 1.18. The van der Waals surface area contributed by atoms with E-state index in [-0.39, 0.29) is 11.7 Å². The molecule has 2 heterocycles. The minimum Gasteiger partial charge on any atom is -0.482 e. The number of para-hydroxylation sites is 1. The second-order valence-corrected chi connectivity index (χ2v) is 10.2. The van der Waals surface area contributed by atoms with E-state index in [1.54, 1.807) is 0 Å². The predicted octanol–water partition coefficient (Wildman–Crippen LogP) is 4.53. The van der Waals surface area contributed by atoms with Crippen LogP contribution in [0.25, 0.3) is 5.69 Å². The maximum Gasteiger partial charge on any atom is 0.316 e. The third-order valence-corrected chi connectivity index (χ3v) is 7.71. The van der Waals surface area contributed by atoms with Gasteiger partial charge in [-0.2, -0.15) is 9.78 Å². The minimum atomic E-state index is -0.199. The Kier molecular flexibility index (Phi) is 7.22. The first kappa shape index (κ1) is 24.4. The Hall–Kier alpha value is -3.90. The Labute approximate surface area is 224 Å². The number of anilines is 1. The number of hydrogen-bond acceptors (Lipinski definition) is 5. The molecule has 0 spiro atoms. The fourth-order valence-corrected chi connectivity index (χ4v) is 5.65. The molecule has 0 radical (unpaired) electrons. The van der Waals surface area contributed by atoms with E-state index < -0.39 is 0 Å². The number of piperazine rings is 1. The molecule has 0 amide bonds. The molecule has 6 rings (SSSR count). The van der Waals surface area contributed by atoms with E-state index in [1.165, 1.54) is 21.4 Å².